The molecule has 0 amide bonds. The maximum absolute atomic E-state index is 11.7. The maximum atomic E-state index is 11.7. The number of rotatable bonds is 7. The van der Waals surface area contributed by atoms with E-state index in [1.807, 2.05) is 0 Å². The Hall–Kier alpha value is 0.200. The van der Waals surface area contributed by atoms with Crippen LogP contribution in [0.1, 0.15) is 41.0 Å². The third kappa shape index (κ3) is 6.63. The van der Waals surface area contributed by atoms with Crippen LogP contribution in [-0.2, 0) is 9.84 Å². The molecule has 0 saturated heterocycles. The molecule has 0 aliphatic rings. The van der Waals surface area contributed by atoms with Crippen molar-refractivity contribution < 1.29 is 8.42 Å². The molecule has 0 bridgehead atoms. The van der Waals surface area contributed by atoms with Crippen molar-refractivity contribution >= 4 is 21.4 Å². The quantitative estimate of drug-likeness (QED) is 0.730. The minimum Gasteiger partial charge on any atom is -0.312 e. The second kappa shape index (κ2) is 6.95. The van der Waals surface area contributed by atoms with Crippen LogP contribution in [0.4, 0.5) is 0 Å². The average Bonchev–Trinajstić information content (AvgIpc) is 2.14. The molecule has 0 saturated carbocycles. The lowest BCUT2D eigenvalue weighted by Crippen LogP contribution is -2.43. The number of alkyl halides is 1. The van der Waals surface area contributed by atoms with Crippen molar-refractivity contribution in [2.75, 3.05) is 18.2 Å². The van der Waals surface area contributed by atoms with Crippen molar-refractivity contribution in [1.29, 1.82) is 0 Å². The Bertz CT molecular complexity index is 307. The maximum Gasteiger partial charge on any atom is 0.153 e. The molecule has 0 aliphatic heterocycles. The highest BCUT2D eigenvalue weighted by atomic mass is 35.5. The Morgan fingerprint density at radius 2 is 1.76 bits per heavy atom. The van der Waals surface area contributed by atoms with Crippen LogP contribution in [0, 0.1) is 5.41 Å². The Labute approximate surface area is 111 Å². The molecule has 0 rings (SSSR count). The van der Waals surface area contributed by atoms with Crippen LogP contribution in [-0.4, -0.2) is 37.9 Å². The van der Waals surface area contributed by atoms with Gasteiger partial charge in [0.25, 0.3) is 0 Å². The van der Waals surface area contributed by atoms with Gasteiger partial charge >= 0.3 is 0 Å². The van der Waals surface area contributed by atoms with Crippen LogP contribution < -0.4 is 5.32 Å². The van der Waals surface area contributed by atoms with Gasteiger partial charge in [0.2, 0.25) is 0 Å². The van der Waals surface area contributed by atoms with Crippen molar-refractivity contribution in [3.63, 3.8) is 0 Å². The molecule has 1 atom stereocenters. The van der Waals surface area contributed by atoms with Gasteiger partial charge in [-0.15, -0.1) is 11.6 Å². The van der Waals surface area contributed by atoms with Gasteiger partial charge in [-0.05, 0) is 25.7 Å². The van der Waals surface area contributed by atoms with E-state index in [9.17, 15) is 8.42 Å². The highest BCUT2D eigenvalue weighted by Gasteiger charge is 2.24. The molecule has 5 heteroatoms. The summed E-state index contributed by atoms with van der Waals surface area (Å²) in [5.41, 5.74) is 0.0937. The summed E-state index contributed by atoms with van der Waals surface area (Å²) in [4.78, 5) is 0. The minimum absolute atomic E-state index is 0.0937. The van der Waals surface area contributed by atoms with Crippen LogP contribution in [0.3, 0.4) is 0 Å². The van der Waals surface area contributed by atoms with Gasteiger partial charge in [0.1, 0.15) is 0 Å². The molecule has 0 heterocycles. The van der Waals surface area contributed by atoms with E-state index in [-0.39, 0.29) is 22.5 Å². The van der Waals surface area contributed by atoms with Crippen molar-refractivity contribution in [3.8, 4) is 0 Å². The number of sulfone groups is 1. The number of nitrogens with one attached hydrogen (secondary N) is 1. The summed E-state index contributed by atoms with van der Waals surface area (Å²) >= 11 is 5.76. The molecule has 0 fully saturated rings. The van der Waals surface area contributed by atoms with E-state index in [4.69, 9.17) is 11.6 Å². The van der Waals surface area contributed by atoms with Gasteiger partial charge in [-0.1, -0.05) is 20.8 Å². The van der Waals surface area contributed by atoms with Gasteiger partial charge < -0.3 is 5.32 Å². The second-order valence-corrected chi connectivity index (χ2v) is 8.82. The normalized spacial score (nSPS) is 15.2. The smallest absolute Gasteiger partial charge is 0.153 e. The van der Waals surface area contributed by atoms with E-state index in [1.54, 1.807) is 13.8 Å². The molecule has 0 aromatic rings. The van der Waals surface area contributed by atoms with E-state index in [2.05, 4.69) is 26.1 Å². The molecule has 0 aromatic carbocycles. The largest absolute Gasteiger partial charge is 0.312 e. The number of hydrogen-bond acceptors (Lipinski definition) is 3. The fourth-order valence-corrected chi connectivity index (χ4v) is 2.65. The Morgan fingerprint density at radius 3 is 2.12 bits per heavy atom. The molecule has 0 spiro atoms. The van der Waals surface area contributed by atoms with Gasteiger partial charge in [0.15, 0.2) is 9.84 Å². The van der Waals surface area contributed by atoms with Gasteiger partial charge in [0, 0.05) is 18.5 Å². The predicted octanol–water partition coefficient (Wildman–Crippen LogP) is 2.44. The molecule has 0 aromatic heterocycles. The molecule has 1 N–H and O–H groups in total. The summed E-state index contributed by atoms with van der Waals surface area (Å²) in [6, 6.07) is 0.252. The zero-order valence-electron chi connectivity index (χ0n) is 11.6. The van der Waals surface area contributed by atoms with Crippen LogP contribution in [0.5, 0.6) is 0 Å². The molecule has 104 valence electrons. The topological polar surface area (TPSA) is 46.2 Å². The van der Waals surface area contributed by atoms with Crippen LogP contribution >= 0.6 is 11.6 Å². The molecule has 3 nitrogen and oxygen atoms in total. The fraction of sp³-hybridized carbons (Fsp3) is 1.00. The fourth-order valence-electron chi connectivity index (χ4n) is 1.56. The van der Waals surface area contributed by atoms with Crippen molar-refractivity contribution in [2.45, 2.75) is 52.3 Å². The third-order valence-corrected chi connectivity index (χ3v) is 5.37. The van der Waals surface area contributed by atoms with Crippen LogP contribution in [0.15, 0.2) is 0 Å². The third-order valence-electron chi connectivity index (χ3n) is 2.94. The molecular weight excluding hydrogens is 258 g/mol. The number of hydrogen-bond donors (Lipinski definition) is 1. The van der Waals surface area contributed by atoms with E-state index in [0.717, 1.165) is 6.42 Å². The standard InChI is InChI=1S/C12H26ClNO2S/c1-10(2)17(15,16)9-8-14-11(6-7-13)12(3,4)5/h10-11,14H,6-9H2,1-5H3. The predicted molar refractivity (Wildman–Crippen MR) is 75.5 cm³/mol. The summed E-state index contributed by atoms with van der Waals surface area (Å²) in [6.07, 6.45) is 0.854. The number of halogens is 1. The van der Waals surface area contributed by atoms with Crippen molar-refractivity contribution in [3.05, 3.63) is 0 Å². The van der Waals surface area contributed by atoms with Crippen molar-refractivity contribution in [1.82, 2.24) is 5.32 Å². The Kier molecular flexibility index (Phi) is 7.04. The lowest BCUT2D eigenvalue weighted by molar-refractivity contribution is 0.266. The van der Waals surface area contributed by atoms with Gasteiger partial charge in [-0.2, -0.15) is 0 Å². The van der Waals surface area contributed by atoms with E-state index in [0.29, 0.717) is 12.4 Å². The highest BCUT2D eigenvalue weighted by Crippen LogP contribution is 2.22. The summed E-state index contributed by atoms with van der Waals surface area (Å²) < 4.78 is 23.3. The Morgan fingerprint density at radius 1 is 1.24 bits per heavy atom. The summed E-state index contributed by atoms with van der Waals surface area (Å²) in [5, 5.41) is 3.01. The first-order chi connectivity index (χ1) is 7.61. The van der Waals surface area contributed by atoms with E-state index >= 15 is 0 Å². The average molecular weight is 284 g/mol. The zero-order valence-corrected chi connectivity index (χ0v) is 13.2. The first-order valence-corrected chi connectivity index (χ1v) is 8.37. The molecule has 1 unspecified atom stereocenters. The lowest BCUT2D eigenvalue weighted by Gasteiger charge is -2.31. The Balaban J connectivity index is 4.26. The lowest BCUT2D eigenvalue weighted by atomic mass is 9.85. The molecule has 17 heavy (non-hydrogen) atoms. The van der Waals surface area contributed by atoms with Crippen LogP contribution in [0.2, 0.25) is 0 Å². The SMILES string of the molecule is CC(C)S(=O)(=O)CCNC(CCCl)C(C)(C)C. The summed E-state index contributed by atoms with van der Waals surface area (Å²) in [7, 11) is -2.95. The van der Waals surface area contributed by atoms with E-state index in [1.165, 1.54) is 0 Å². The first-order valence-electron chi connectivity index (χ1n) is 6.12. The second-order valence-electron chi connectivity index (χ2n) is 5.77. The van der Waals surface area contributed by atoms with Gasteiger partial charge in [-0.3, -0.25) is 0 Å². The summed E-state index contributed by atoms with van der Waals surface area (Å²) in [5.74, 6) is 0.783. The monoisotopic (exact) mass is 283 g/mol. The molecular formula is C12H26ClNO2S. The molecule has 0 radical (unpaired) electrons. The summed E-state index contributed by atoms with van der Waals surface area (Å²) in [6.45, 7) is 10.3. The molecule has 0 aliphatic carbocycles. The van der Waals surface area contributed by atoms with E-state index < -0.39 is 9.84 Å². The van der Waals surface area contributed by atoms with Gasteiger partial charge in [-0.25, -0.2) is 8.42 Å². The zero-order chi connectivity index (χ0) is 13.7. The van der Waals surface area contributed by atoms with Gasteiger partial charge in [0.05, 0.1) is 11.0 Å². The first kappa shape index (κ1) is 17.2. The van der Waals surface area contributed by atoms with Crippen molar-refractivity contribution in [2.24, 2.45) is 5.41 Å². The van der Waals surface area contributed by atoms with Crippen LogP contribution in [0.25, 0.3) is 0 Å². The highest BCUT2D eigenvalue weighted by molar-refractivity contribution is 7.92. The minimum atomic E-state index is -2.95.